The summed E-state index contributed by atoms with van der Waals surface area (Å²) in [6, 6.07) is 0. The van der Waals surface area contributed by atoms with Crippen molar-refractivity contribution in [2.45, 2.75) is 45.4 Å². The number of rotatable bonds is 4. The Morgan fingerprint density at radius 3 is 2.36 bits per heavy atom. The summed E-state index contributed by atoms with van der Waals surface area (Å²) < 4.78 is 0. The topological polar surface area (TPSA) is 12.0 Å². The molecule has 1 aliphatic rings. The summed E-state index contributed by atoms with van der Waals surface area (Å²) in [5.41, 5.74) is 0.725. The third-order valence-electron chi connectivity index (χ3n) is 3.32. The molecule has 0 bridgehead atoms. The van der Waals surface area contributed by atoms with E-state index in [1.54, 1.807) is 0 Å². The molecular formula is C10H21N. The average Bonchev–Trinajstić information content (AvgIpc) is 2.50. The smallest absolute Gasteiger partial charge is 0.00466 e. The van der Waals surface area contributed by atoms with E-state index in [9.17, 15) is 0 Å². The molecule has 0 amide bonds. The van der Waals surface area contributed by atoms with Crippen LogP contribution in [0.15, 0.2) is 0 Å². The van der Waals surface area contributed by atoms with Gasteiger partial charge in [0.25, 0.3) is 0 Å². The van der Waals surface area contributed by atoms with Gasteiger partial charge in [0.1, 0.15) is 0 Å². The predicted octanol–water partition coefficient (Wildman–Crippen LogP) is 2.57. The van der Waals surface area contributed by atoms with Crippen molar-refractivity contribution in [3.8, 4) is 0 Å². The minimum atomic E-state index is 0.725. The van der Waals surface area contributed by atoms with Crippen LogP contribution in [0.1, 0.15) is 45.4 Å². The third-order valence-corrected chi connectivity index (χ3v) is 3.32. The lowest BCUT2D eigenvalue weighted by molar-refractivity contribution is 0.259. The van der Waals surface area contributed by atoms with Crippen LogP contribution in [-0.4, -0.2) is 13.6 Å². The van der Waals surface area contributed by atoms with E-state index in [4.69, 9.17) is 0 Å². The molecule has 0 aromatic carbocycles. The van der Waals surface area contributed by atoms with Gasteiger partial charge in [-0.1, -0.05) is 26.2 Å². The molecule has 66 valence electrons. The fourth-order valence-electron chi connectivity index (χ4n) is 2.30. The normalized spacial score (nSPS) is 22.4. The summed E-state index contributed by atoms with van der Waals surface area (Å²) >= 11 is 0. The van der Waals surface area contributed by atoms with Crippen molar-refractivity contribution in [2.24, 2.45) is 5.41 Å². The number of nitrogens with one attached hydrogen (secondary N) is 1. The highest BCUT2D eigenvalue weighted by Gasteiger charge is 2.30. The van der Waals surface area contributed by atoms with E-state index in [2.05, 4.69) is 19.3 Å². The Bertz CT molecular complexity index is 103. The van der Waals surface area contributed by atoms with Crippen LogP contribution >= 0.6 is 0 Å². The molecule has 1 fully saturated rings. The van der Waals surface area contributed by atoms with Crippen LogP contribution in [0.5, 0.6) is 0 Å². The van der Waals surface area contributed by atoms with E-state index >= 15 is 0 Å². The molecule has 0 heterocycles. The first-order chi connectivity index (χ1) is 5.33. The Morgan fingerprint density at radius 2 is 1.91 bits per heavy atom. The highest BCUT2D eigenvalue weighted by atomic mass is 14.8. The summed E-state index contributed by atoms with van der Waals surface area (Å²) in [7, 11) is 2.05. The second-order valence-electron chi connectivity index (χ2n) is 3.91. The van der Waals surface area contributed by atoms with Crippen LogP contribution in [0.3, 0.4) is 0 Å². The third kappa shape index (κ3) is 2.19. The van der Waals surface area contributed by atoms with E-state index < -0.39 is 0 Å². The van der Waals surface area contributed by atoms with Gasteiger partial charge in [0.05, 0.1) is 0 Å². The van der Waals surface area contributed by atoms with Gasteiger partial charge in [-0.3, -0.25) is 0 Å². The van der Waals surface area contributed by atoms with Crippen LogP contribution in [0.2, 0.25) is 0 Å². The molecule has 1 N–H and O–H groups in total. The fraction of sp³-hybridized carbons (Fsp3) is 1.00. The molecule has 0 spiro atoms. The van der Waals surface area contributed by atoms with Crippen LogP contribution in [0.25, 0.3) is 0 Å². The molecule has 11 heavy (non-hydrogen) atoms. The fourth-order valence-corrected chi connectivity index (χ4v) is 2.30. The molecule has 0 atom stereocenters. The molecule has 1 rings (SSSR count). The zero-order valence-electron chi connectivity index (χ0n) is 7.95. The number of hydrogen-bond acceptors (Lipinski definition) is 1. The minimum Gasteiger partial charge on any atom is -0.320 e. The molecule has 0 saturated heterocycles. The van der Waals surface area contributed by atoms with E-state index in [0.717, 1.165) is 5.41 Å². The van der Waals surface area contributed by atoms with Gasteiger partial charge < -0.3 is 5.32 Å². The molecule has 0 aliphatic heterocycles. The summed E-state index contributed by atoms with van der Waals surface area (Å²) in [4.78, 5) is 0. The lowest BCUT2D eigenvalue weighted by atomic mass is 9.80. The van der Waals surface area contributed by atoms with Gasteiger partial charge >= 0.3 is 0 Å². The Balaban J connectivity index is 2.33. The zero-order valence-corrected chi connectivity index (χ0v) is 7.95. The van der Waals surface area contributed by atoms with Gasteiger partial charge in [-0.25, -0.2) is 0 Å². The van der Waals surface area contributed by atoms with Gasteiger partial charge in [0.2, 0.25) is 0 Å². The second-order valence-corrected chi connectivity index (χ2v) is 3.91. The molecule has 1 aliphatic carbocycles. The first-order valence-electron chi connectivity index (χ1n) is 4.97. The summed E-state index contributed by atoms with van der Waals surface area (Å²) in [6.07, 6.45) is 8.67. The molecule has 1 saturated carbocycles. The molecule has 1 nitrogen and oxygen atoms in total. The maximum absolute atomic E-state index is 3.25. The highest BCUT2D eigenvalue weighted by molar-refractivity contribution is 4.83. The lowest BCUT2D eigenvalue weighted by Crippen LogP contribution is -2.21. The summed E-state index contributed by atoms with van der Waals surface area (Å²) in [5, 5.41) is 3.25. The number of hydrogen-bond donors (Lipinski definition) is 1. The van der Waals surface area contributed by atoms with Crippen molar-refractivity contribution >= 4 is 0 Å². The molecule has 0 aromatic heterocycles. The van der Waals surface area contributed by atoms with Crippen molar-refractivity contribution in [2.75, 3.05) is 13.6 Å². The van der Waals surface area contributed by atoms with Gasteiger partial charge in [-0.2, -0.15) is 0 Å². The maximum Gasteiger partial charge on any atom is -0.00466 e. The average molecular weight is 155 g/mol. The Morgan fingerprint density at radius 1 is 1.27 bits per heavy atom. The second kappa shape index (κ2) is 4.10. The largest absolute Gasteiger partial charge is 0.320 e. The van der Waals surface area contributed by atoms with E-state index in [1.807, 2.05) is 0 Å². The zero-order chi connectivity index (χ0) is 8.16. The summed E-state index contributed by atoms with van der Waals surface area (Å²) in [5.74, 6) is 0. The standard InChI is InChI=1S/C10H21N/c1-3-10(8-9-11-2)6-4-5-7-10/h11H,3-9H2,1-2H3. The lowest BCUT2D eigenvalue weighted by Gasteiger charge is -2.27. The van der Waals surface area contributed by atoms with Crippen LogP contribution in [0, 0.1) is 5.41 Å². The van der Waals surface area contributed by atoms with Crippen molar-refractivity contribution in [1.82, 2.24) is 5.32 Å². The Labute approximate surface area is 70.6 Å². The Hall–Kier alpha value is -0.0400. The van der Waals surface area contributed by atoms with Crippen molar-refractivity contribution in [1.29, 1.82) is 0 Å². The van der Waals surface area contributed by atoms with Gasteiger partial charge in [0, 0.05) is 0 Å². The molecule has 0 radical (unpaired) electrons. The van der Waals surface area contributed by atoms with E-state index in [1.165, 1.54) is 45.1 Å². The van der Waals surface area contributed by atoms with Gasteiger partial charge in [-0.15, -0.1) is 0 Å². The summed E-state index contributed by atoms with van der Waals surface area (Å²) in [6.45, 7) is 3.55. The van der Waals surface area contributed by atoms with E-state index in [0.29, 0.717) is 0 Å². The van der Waals surface area contributed by atoms with Crippen molar-refractivity contribution in [3.63, 3.8) is 0 Å². The van der Waals surface area contributed by atoms with Crippen LogP contribution < -0.4 is 5.32 Å². The predicted molar refractivity (Wildman–Crippen MR) is 49.7 cm³/mol. The first kappa shape index (κ1) is 9.05. The maximum atomic E-state index is 3.25. The van der Waals surface area contributed by atoms with E-state index in [-0.39, 0.29) is 0 Å². The molecule has 0 aromatic rings. The minimum absolute atomic E-state index is 0.725. The van der Waals surface area contributed by atoms with Gasteiger partial charge in [0.15, 0.2) is 0 Å². The van der Waals surface area contributed by atoms with Crippen LogP contribution in [-0.2, 0) is 0 Å². The first-order valence-corrected chi connectivity index (χ1v) is 4.97. The quantitative estimate of drug-likeness (QED) is 0.658. The van der Waals surface area contributed by atoms with Gasteiger partial charge in [-0.05, 0) is 38.3 Å². The monoisotopic (exact) mass is 155 g/mol. The molecular weight excluding hydrogens is 134 g/mol. The molecule has 0 unspecified atom stereocenters. The Kier molecular flexibility index (Phi) is 3.38. The molecule has 1 heteroatoms. The van der Waals surface area contributed by atoms with Crippen molar-refractivity contribution in [3.05, 3.63) is 0 Å². The highest BCUT2D eigenvalue weighted by Crippen LogP contribution is 2.43. The van der Waals surface area contributed by atoms with Crippen LogP contribution in [0.4, 0.5) is 0 Å². The SMILES string of the molecule is CCC1(CCNC)CCCC1. The van der Waals surface area contributed by atoms with Crippen molar-refractivity contribution < 1.29 is 0 Å².